The zero-order valence-electron chi connectivity index (χ0n) is 71.0. The average molecular weight is 1690 g/mol. The quantitative estimate of drug-likeness (QED) is 0.0200. The summed E-state index contributed by atoms with van der Waals surface area (Å²) in [5.41, 5.74) is -5.82. The van der Waals surface area contributed by atoms with E-state index in [1.165, 1.54) is 48.8 Å². The predicted octanol–water partition coefficient (Wildman–Crippen LogP) is 19.2. The molecule has 2 aromatic heterocycles. The van der Waals surface area contributed by atoms with Crippen LogP contribution in [0.4, 0.5) is 80.7 Å². The lowest BCUT2D eigenvalue weighted by atomic mass is 9.80. The highest BCUT2D eigenvalue weighted by Gasteiger charge is 2.42. The van der Waals surface area contributed by atoms with E-state index in [0.29, 0.717) is 83.7 Å². The minimum Gasteiger partial charge on any atom is -0.444 e. The van der Waals surface area contributed by atoms with E-state index in [1.807, 2.05) is 27.7 Å². The largest absolute Gasteiger partial charge is 0.444 e. The lowest BCUT2D eigenvalue weighted by Gasteiger charge is -2.33. The van der Waals surface area contributed by atoms with Crippen LogP contribution in [0.15, 0.2) is 107 Å². The number of halogens is 4. The van der Waals surface area contributed by atoms with Gasteiger partial charge in [-0.25, -0.2) is 73.1 Å². The zero-order valence-corrected chi connectivity index (χ0v) is 72.6. The highest BCUT2D eigenvalue weighted by atomic mass is 32.2. The van der Waals surface area contributed by atoms with E-state index < -0.39 is 146 Å². The second kappa shape index (κ2) is 37.5. The van der Waals surface area contributed by atoms with Crippen molar-refractivity contribution in [2.45, 2.75) is 283 Å². The number of nitrogens with zero attached hydrogens (tertiary/aromatic N) is 4. The van der Waals surface area contributed by atoms with Gasteiger partial charge in [-0.1, -0.05) is 36.4 Å². The third-order valence-corrected chi connectivity index (χ3v) is 20.1. The molecule has 2 heterocycles. The van der Waals surface area contributed by atoms with Gasteiger partial charge in [-0.2, -0.15) is 9.80 Å². The Hall–Kier alpha value is -10.6. The molecule has 2 saturated carbocycles. The van der Waals surface area contributed by atoms with Gasteiger partial charge >= 0.3 is 36.6 Å². The van der Waals surface area contributed by atoms with Gasteiger partial charge in [0.2, 0.25) is 0 Å². The third kappa shape index (κ3) is 26.7. The summed E-state index contributed by atoms with van der Waals surface area (Å²) >= 11 is 0. The number of carbonyl (C=O) groups excluding carboxylic acids is 6. The summed E-state index contributed by atoms with van der Waals surface area (Å²) < 4.78 is 150. The first kappa shape index (κ1) is 94.5. The number of imide groups is 2. The fourth-order valence-electron chi connectivity index (χ4n) is 12.6. The summed E-state index contributed by atoms with van der Waals surface area (Å²) in [4.78, 5) is 90.1. The first-order valence-electron chi connectivity index (χ1n) is 38.7. The molecular weight excluding hydrogens is 1570 g/mol. The number of hydrogen-bond acceptors (Lipinski definition) is 22. The number of aromatic nitrogens is 2. The standard InChI is InChI=1S/2C42H56F2N6O8S/c2*1-24(2)47-35-28(25-16-19-27(20-17-25)48-37(51)56-40(3,4)5)23-46-36(50(38(52)57-41(6,7)8)39(53)58-42(9,10)11)33(35)34(45)26-18-21-31(30(44)22-26)49-59(54,55)32-15-13-12-14-29(32)43/h2*12-15,18,21-25,27,45,49H,16-17,19-20H2,1-11H3,(H,46,47)(H,48,51). The molecule has 0 spiro atoms. The number of pyridine rings is 2. The molecule has 0 radical (unpaired) electrons. The fraction of sp³-hybridized carbons (Fsp3) is 0.500. The van der Waals surface area contributed by atoms with Crippen molar-refractivity contribution >= 4 is 102 Å². The van der Waals surface area contributed by atoms with E-state index in [2.05, 4.69) is 40.7 Å². The first-order valence-corrected chi connectivity index (χ1v) is 41.7. The van der Waals surface area contributed by atoms with Crippen LogP contribution in [-0.4, -0.2) is 133 Å². The molecule has 0 saturated heterocycles. The molecule has 4 aromatic carbocycles. The van der Waals surface area contributed by atoms with Crippen LogP contribution in [0.3, 0.4) is 0 Å². The van der Waals surface area contributed by atoms with Crippen LogP contribution in [0, 0.1) is 34.1 Å². The van der Waals surface area contributed by atoms with Crippen molar-refractivity contribution in [2.24, 2.45) is 0 Å². The topological polar surface area (TPSA) is 378 Å². The Kier molecular flexibility index (Phi) is 30.1. The lowest BCUT2D eigenvalue weighted by molar-refractivity contribution is 0.0406. The van der Waals surface area contributed by atoms with Gasteiger partial charge in [-0.3, -0.25) is 20.3 Å². The Morgan fingerprint density at radius 3 is 0.949 bits per heavy atom. The van der Waals surface area contributed by atoms with Gasteiger partial charge in [0.05, 0.1) is 45.3 Å². The Balaban J connectivity index is 0.000000326. The van der Waals surface area contributed by atoms with Gasteiger partial charge in [0.15, 0.2) is 11.6 Å². The molecule has 8 N–H and O–H groups in total. The zero-order chi connectivity index (χ0) is 88.5. The summed E-state index contributed by atoms with van der Waals surface area (Å²) in [7, 11) is -9.11. The molecule has 6 aromatic rings. The van der Waals surface area contributed by atoms with Crippen LogP contribution >= 0.6 is 0 Å². The van der Waals surface area contributed by atoms with E-state index >= 15 is 8.78 Å². The van der Waals surface area contributed by atoms with Crippen LogP contribution in [0.2, 0.25) is 0 Å². The van der Waals surface area contributed by atoms with Crippen molar-refractivity contribution in [1.29, 1.82) is 10.8 Å². The molecular formula is C84H112F4N12O16S2. The van der Waals surface area contributed by atoms with Crippen LogP contribution in [0.1, 0.15) is 249 Å². The molecule has 28 nitrogen and oxygen atoms in total. The van der Waals surface area contributed by atoms with Crippen molar-refractivity contribution in [3.8, 4) is 0 Å². The van der Waals surface area contributed by atoms with E-state index in [0.717, 1.165) is 48.5 Å². The Labute approximate surface area is 688 Å². The van der Waals surface area contributed by atoms with E-state index in [4.69, 9.17) is 28.4 Å². The summed E-state index contributed by atoms with van der Waals surface area (Å²) in [5, 5.41) is 31.9. The van der Waals surface area contributed by atoms with Gasteiger partial charge in [-0.05, 0) is 275 Å². The van der Waals surface area contributed by atoms with Gasteiger partial charge in [0, 0.05) is 47.7 Å². The van der Waals surface area contributed by atoms with Crippen molar-refractivity contribution in [1.82, 2.24) is 20.6 Å². The fourth-order valence-corrected chi connectivity index (χ4v) is 14.9. The Bertz CT molecular complexity index is 4590. The molecule has 2 fully saturated rings. The molecule has 644 valence electrons. The van der Waals surface area contributed by atoms with Crippen LogP contribution in [0.5, 0.6) is 0 Å². The SMILES string of the molecule is CC(C)Nc1c(C2CCC(NC(=O)OC(C)(C)C)CC2)cnc(N(C(=O)OC(C)(C)C)C(=O)OC(C)(C)C)c1C(=N)c1ccc(NS(=O)(=O)c2ccccc2F)c(F)c1.CC(C)Nc1c(C2CCC(NC(=O)OC(C)(C)C)CC2)cnc(N(C(=O)OC(C)(C)C)C(=O)OC(C)(C)C)c1C(=N)c1ccc(NS(=O)(=O)c2ccccc2F)c(F)c1. The van der Waals surface area contributed by atoms with Crippen LogP contribution in [-0.2, 0) is 48.5 Å². The number of carbonyl (C=O) groups is 6. The number of benzene rings is 4. The predicted molar refractivity (Wildman–Crippen MR) is 444 cm³/mol. The van der Waals surface area contributed by atoms with Crippen LogP contribution < -0.4 is 40.5 Å². The number of sulfonamides is 2. The van der Waals surface area contributed by atoms with Gasteiger partial charge in [0.25, 0.3) is 20.0 Å². The summed E-state index contributed by atoms with van der Waals surface area (Å²) in [6.07, 6.45) is 2.05. The molecule has 6 amide bonds. The molecule has 0 aliphatic heterocycles. The highest BCUT2D eigenvalue weighted by molar-refractivity contribution is 7.93. The summed E-state index contributed by atoms with van der Waals surface area (Å²) in [6, 6.07) is 14.9. The second-order valence-corrected chi connectivity index (χ2v) is 38.7. The van der Waals surface area contributed by atoms with Crippen LogP contribution in [0.25, 0.3) is 0 Å². The Morgan fingerprint density at radius 2 is 0.695 bits per heavy atom. The number of rotatable bonds is 20. The molecule has 2 aliphatic rings. The molecule has 34 heteroatoms. The van der Waals surface area contributed by atoms with Gasteiger partial charge < -0.3 is 49.7 Å². The highest BCUT2D eigenvalue weighted by Crippen LogP contribution is 2.45. The maximum absolute atomic E-state index is 15.9. The second-order valence-electron chi connectivity index (χ2n) is 35.4. The van der Waals surface area contributed by atoms with Gasteiger partial charge in [-0.15, -0.1) is 0 Å². The van der Waals surface area contributed by atoms with Crippen molar-refractivity contribution in [3.63, 3.8) is 0 Å². The molecule has 8 rings (SSSR count). The summed E-state index contributed by atoms with van der Waals surface area (Å²) in [5.74, 6) is -5.28. The molecule has 0 atom stereocenters. The van der Waals surface area contributed by atoms with Crippen molar-refractivity contribution in [2.75, 3.05) is 29.9 Å². The van der Waals surface area contributed by atoms with E-state index in [1.54, 1.807) is 125 Å². The van der Waals surface area contributed by atoms with Crippen molar-refractivity contribution in [3.05, 3.63) is 154 Å². The number of amides is 6. The van der Waals surface area contributed by atoms with E-state index in [9.17, 15) is 65.2 Å². The minimum atomic E-state index is -4.55. The van der Waals surface area contributed by atoms with E-state index in [-0.39, 0.29) is 69.9 Å². The smallest absolute Gasteiger partial charge is 0.425 e. The maximum Gasteiger partial charge on any atom is 0.425 e. The third-order valence-electron chi connectivity index (χ3n) is 17.3. The maximum atomic E-state index is 15.9. The lowest BCUT2D eigenvalue weighted by Crippen LogP contribution is -2.45. The number of anilines is 6. The number of ether oxygens (including phenoxy) is 6. The monoisotopic (exact) mass is 1680 g/mol. The normalized spacial score (nSPS) is 16.2. The van der Waals surface area contributed by atoms with Crippen molar-refractivity contribution < 1.29 is 91.6 Å². The Morgan fingerprint density at radius 1 is 0.415 bits per heavy atom. The van der Waals surface area contributed by atoms with Gasteiger partial charge in [0.1, 0.15) is 66.7 Å². The number of hydrogen-bond donors (Lipinski definition) is 8. The molecule has 0 unspecified atom stereocenters. The number of nitrogens with one attached hydrogen (secondary N) is 8. The number of alkyl carbamates (subject to hydrolysis) is 2. The first-order chi connectivity index (χ1) is 54.3. The summed E-state index contributed by atoms with van der Waals surface area (Å²) in [6.45, 7) is 37.5. The molecule has 118 heavy (non-hydrogen) atoms. The minimum absolute atomic E-state index is 0.0685. The average Bonchev–Trinajstić information content (AvgIpc) is 0.757. The molecule has 0 bridgehead atoms. The molecule has 2 aliphatic carbocycles.